The molecule has 0 aromatic carbocycles. The highest BCUT2D eigenvalue weighted by molar-refractivity contribution is 5.16. The standard InChI is InChI=1S/C18H33N3/c1-6-16-12-17(21(8-3)20-16)18(19-7-2)15-10-13(4)9-14(5)11-15/h12-15,18-19H,6-11H2,1-5H3. The van der Waals surface area contributed by atoms with Crippen LogP contribution in [0.2, 0.25) is 0 Å². The fraction of sp³-hybridized carbons (Fsp3) is 0.833. The predicted octanol–water partition coefficient (Wildman–Crippen LogP) is 4.19. The van der Waals surface area contributed by atoms with Crippen molar-refractivity contribution in [3.05, 3.63) is 17.5 Å². The monoisotopic (exact) mass is 291 g/mol. The molecule has 1 saturated carbocycles. The van der Waals surface area contributed by atoms with Crippen LogP contribution in [0.4, 0.5) is 0 Å². The highest BCUT2D eigenvalue weighted by Crippen LogP contribution is 2.40. The zero-order valence-electron chi connectivity index (χ0n) is 14.5. The predicted molar refractivity (Wildman–Crippen MR) is 89.4 cm³/mol. The van der Waals surface area contributed by atoms with Gasteiger partial charge in [0, 0.05) is 6.54 Å². The van der Waals surface area contributed by atoms with Crippen molar-refractivity contribution in [2.24, 2.45) is 17.8 Å². The summed E-state index contributed by atoms with van der Waals surface area (Å²) in [6.45, 7) is 13.4. The van der Waals surface area contributed by atoms with E-state index in [1.807, 2.05) is 0 Å². The molecule has 1 aromatic rings. The molecule has 1 aromatic heterocycles. The molecule has 120 valence electrons. The molecule has 2 rings (SSSR count). The van der Waals surface area contributed by atoms with Gasteiger partial charge in [-0.15, -0.1) is 0 Å². The van der Waals surface area contributed by atoms with Gasteiger partial charge in [0.25, 0.3) is 0 Å². The van der Waals surface area contributed by atoms with Gasteiger partial charge in [-0.25, -0.2) is 0 Å². The molecule has 0 amide bonds. The molecular weight excluding hydrogens is 258 g/mol. The van der Waals surface area contributed by atoms with Crippen molar-refractivity contribution in [1.82, 2.24) is 15.1 Å². The van der Waals surface area contributed by atoms with Crippen LogP contribution in [0.15, 0.2) is 6.07 Å². The third-order valence-electron chi connectivity index (χ3n) is 4.95. The summed E-state index contributed by atoms with van der Waals surface area (Å²) in [4.78, 5) is 0. The molecule has 0 aliphatic heterocycles. The summed E-state index contributed by atoms with van der Waals surface area (Å²) in [5.41, 5.74) is 2.63. The van der Waals surface area contributed by atoms with Gasteiger partial charge in [0.15, 0.2) is 0 Å². The van der Waals surface area contributed by atoms with Gasteiger partial charge in [-0.2, -0.15) is 5.10 Å². The smallest absolute Gasteiger partial charge is 0.0625 e. The molecule has 3 unspecified atom stereocenters. The van der Waals surface area contributed by atoms with Crippen molar-refractivity contribution >= 4 is 0 Å². The molecule has 0 bridgehead atoms. The van der Waals surface area contributed by atoms with E-state index in [0.29, 0.717) is 6.04 Å². The second-order valence-corrected chi connectivity index (χ2v) is 6.94. The van der Waals surface area contributed by atoms with Crippen molar-refractivity contribution in [3.63, 3.8) is 0 Å². The maximum atomic E-state index is 4.76. The summed E-state index contributed by atoms with van der Waals surface area (Å²) in [7, 11) is 0. The number of aryl methyl sites for hydroxylation is 2. The van der Waals surface area contributed by atoms with Crippen LogP contribution >= 0.6 is 0 Å². The Hall–Kier alpha value is -0.830. The highest BCUT2D eigenvalue weighted by atomic mass is 15.3. The average molecular weight is 291 g/mol. The van der Waals surface area contributed by atoms with Crippen LogP contribution in [0.5, 0.6) is 0 Å². The fourth-order valence-electron chi connectivity index (χ4n) is 4.18. The van der Waals surface area contributed by atoms with Gasteiger partial charge in [0.1, 0.15) is 0 Å². The first-order valence-electron chi connectivity index (χ1n) is 8.88. The van der Waals surface area contributed by atoms with Crippen LogP contribution in [0.1, 0.15) is 71.3 Å². The minimum atomic E-state index is 0.466. The lowest BCUT2D eigenvalue weighted by atomic mass is 9.73. The summed E-state index contributed by atoms with van der Waals surface area (Å²) >= 11 is 0. The van der Waals surface area contributed by atoms with E-state index in [9.17, 15) is 0 Å². The second kappa shape index (κ2) is 7.44. The number of rotatable bonds is 6. The van der Waals surface area contributed by atoms with Gasteiger partial charge >= 0.3 is 0 Å². The molecule has 1 heterocycles. The van der Waals surface area contributed by atoms with E-state index in [0.717, 1.165) is 37.3 Å². The Kier molecular flexibility index (Phi) is 5.86. The van der Waals surface area contributed by atoms with Crippen LogP contribution in [-0.2, 0) is 13.0 Å². The van der Waals surface area contributed by atoms with Gasteiger partial charge < -0.3 is 5.32 Å². The minimum Gasteiger partial charge on any atom is -0.309 e. The highest BCUT2D eigenvalue weighted by Gasteiger charge is 2.32. The lowest BCUT2D eigenvalue weighted by molar-refractivity contribution is 0.173. The maximum absolute atomic E-state index is 4.76. The van der Waals surface area contributed by atoms with Crippen molar-refractivity contribution in [3.8, 4) is 0 Å². The van der Waals surface area contributed by atoms with E-state index in [2.05, 4.69) is 50.7 Å². The van der Waals surface area contributed by atoms with E-state index >= 15 is 0 Å². The van der Waals surface area contributed by atoms with Crippen molar-refractivity contribution < 1.29 is 0 Å². The molecule has 1 fully saturated rings. The van der Waals surface area contributed by atoms with Gasteiger partial charge in [-0.05, 0) is 63.0 Å². The molecule has 1 N–H and O–H groups in total. The number of hydrogen-bond acceptors (Lipinski definition) is 2. The van der Waals surface area contributed by atoms with Gasteiger partial charge in [0.05, 0.1) is 17.4 Å². The Morgan fingerprint density at radius 3 is 2.38 bits per heavy atom. The summed E-state index contributed by atoms with van der Waals surface area (Å²) < 4.78 is 2.22. The van der Waals surface area contributed by atoms with E-state index in [-0.39, 0.29) is 0 Å². The third kappa shape index (κ3) is 3.88. The first kappa shape index (κ1) is 16.5. The van der Waals surface area contributed by atoms with E-state index in [1.165, 1.54) is 30.7 Å². The Labute approximate surface area is 130 Å². The molecule has 3 heteroatoms. The van der Waals surface area contributed by atoms with Gasteiger partial charge in [0.2, 0.25) is 0 Å². The van der Waals surface area contributed by atoms with Crippen LogP contribution in [0.25, 0.3) is 0 Å². The molecule has 0 saturated heterocycles. The third-order valence-corrected chi connectivity index (χ3v) is 4.95. The largest absolute Gasteiger partial charge is 0.309 e. The molecule has 3 nitrogen and oxygen atoms in total. The first-order chi connectivity index (χ1) is 10.1. The maximum Gasteiger partial charge on any atom is 0.0625 e. The Morgan fingerprint density at radius 1 is 1.19 bits per heavy atom. The van der Waals surface area contributed by atoms with Crippen LogP contribution < -0.4 is 5.32 Å². The van der Waals surface area contributed by atoms with E-state index < -0.39 is 0 Å². The molecule has 0 radical (unpaired) electrons. The summed E-state index contributed by atoms with van der Waals surface area (Å²) in [5, 5.41) is 8.52. The van der Waals surface area contributed by atoms with E-state index in [4.69, 9.17) is 5.10 Å². The zero-order chi connectivity index (χ0) is 15.4. The average Bonchev–Trinajstić information content (AvgIpc) is 2.86. The molecule has 0 spiro atoms. The lowest BCUT2D eigenvalue weighted by Gasteiger charge is -2.37. The Morgan fingerprint density at radius 2 is 1.86 bits per heavy atom. The van der Waals surface area contributed by atoms with Crippen molar-refractivity contribution in [1.29, 1.82) is 0 Å². The van der Waals surface area contributed by atoms with Crippen LogP contribution in [0, 0.1) is 17.8 Å². The van der Waals surface area contributed by atoms with Crippen molar-refractivity contribution in [2.45, 2.75) is 72.9 Å². The summed E-state index contributed by atoms with van der Waals surface area (Å²) in [5.74, 6) is 2.45. The zero-order valence-corrected chi connectivity index (χ0v) is 14.5. The van der Waals surface area contributed by atoms with Gasteiger partial charge in [-0.3, -0.25) is 4.68 Å². The SMILES string of the molecule is CCNC(c1cc(CC)nn1CC)C1CC(C)CC(C)C1. The topological polar surface area (TPSA) is 29.9 Å². The van der Waals surface area contributed by atoms with Crippen LogP contribution in [0.3, 0.4) is 0 Å². The fourth-order valence-corrected chi connectivity index (χ4v) is 4.18. The molecule has 3 atom stereocenters. The van der Waals surface area contributed by atoms with Crippen LogP contribution in [-0.4, -0.2) is 16.3 Å². The first-order valence-corrected chi connectivity index (χ1v) is 8.88. The number of aromatic nitrogens is 2. The van der Waals surface area contributed by atoms with E-state index in [1.54, 1.807) is 0 Å². The normalized spacial score (nSPS) is 27.8. The quantitative estimate of drug-likeness (QED) is 0.851. The Balaban J connectivity index is 2.27. The molecule has 1 aliphatic carbocycles. The number of hydrogen-bond donors (Lipinski definition) is 1. The lowest BCUT2D eigenvalue weighted by Crippen LogP contribution is -2.34. The van der Waals surface area contributed by atoms with Crippen molar-refractivity contribution in [2.75, 3.05) is 6.54 Å². The molecular formula is C18H33N3. The summed E-state index contributed by atoms with van der Waals surface area (Å²) in [6.07, 6.45) is 5.11. The minimum absolute atomic E-state index is 0.466. The second-order valence-electron chi connectivity index (χ2n) is 6.94. The van der Waals surface area contributed by atoms with Gasteiger partial charge in [-0.1, -0.05) is 27.7 Å². The number of nitrogens with one attached hydrogen (secondary N) is 1. The Bertz CT molecular complexity index is 428. The molecule has 1 aliphatic rings. The summed E-state index contributed by atoms with van der Waals surface area (Å²) in [6, 6.07) is 2.80. The molecule has 21 heavy (non-hydrogen) atoms. The number of nitrogens with zero attached hydrogens (tertiary/aromatic N) is 2.